The molecule has 0 unspecified atom stereocenters. The Kier molecular flexibility index (Phi) is 5.32. The van der Waals surface area contributed by atoms with Crippen LogP contribution in [0.5, 0.6) is 11.5 Å². The van der Waals surface area contributed by atoms with Crippen molar-refractivity contribution in [2.45, 2.75) is 0 Å². The lowest BCUT2D eigenvalue weighted by Gasteiger charge is -2.10. The number of carbonyl (C=O) groups is 2. The smallest absolute Gasteiger partial charge is 0.274 e. The van der Waals surface area contributed by atoms with Gasteiger partial charge in [-0.1, -0.05) is 12.1 Å². The maximum atomic E-state index is 12.6. The number of hydrogen-bond acceptors (Lipinski definition) is 5. The quantitative estimate of drug-likeness (QED) is 0.653. The number of hydroxylamine groups is 1. The fourth-order valence-electron chi connectivity index (χ4n) is 2.07. The molecule has 0 aromatic heterocycles. The molecule has 0 saturated carbocycles. The first kappa shape index (κ1) is 16.5. The zero-order chi connectivity index (χ0) is 16.8. The highest BCUT2D eigenvalue weighted by atomic mass is 16.6. The van der Waals surface area contributed by atoms with Gasteiger partial charge in [0.25, 0.3) is 5.91 Å². The van der Waals surface area contributed by atoms with E-state index in [0.717, 1.165) is 0 Å². The minimum absolute atomic E-state index is 0.223. The maximum absolute atomic E-state index is 12.6. The number of amides is 1. The highest BCUT2D eigenvalue weighted by Gasteiger charge is 2.16. The fraction of sp³-hybridized carbons (Fsp3) is 0.176. The minimum atomic E-state index is -0.384. The van der Waals surface area contributed by atoms with Gasteiger partial charge in [-0.2, -0.15) is 0 Å². The molecule has 23 heavy (non-hydrogen) atoms. The van der Waals surface area contributed by atoms with E-state index in [1.54, 1.807) is 42.5 Å². The predicted molar refractivity (Wildman–Crippen MR) is 83.9 cm³/mol. The molecule has 0 heterocycles. The number of rotatable bonds is 6. The van der Waals surface area contributed by atoms with Crippen molar-refractivity contribution in [2.24, 2.45) is 0 Å². The summed E-state index contributed by atoms with van der Waals surface area (Å²) < 4.78 is 10.4. The highest BCUT2D eigenvalue weighted by molar-refractivity contribution is 6.11. The van der Waals surface area contributed by atoms with Crippen molar-refractivity contribution in [1.29, 1.82) is 0 Å². The second-order valence-corrected chi connectivity index (χ2v) is 4.61. The number of carbonyl (C=O) groups excluding carboxylic acids is 2. The summed E-state index contributed by atoms with van der Waals surface area (Å²) in [5.41, 5.74) is 3.43. The van der Waals surface area contributed by atoms with Crippen molar-refractivity contribution < 1.29 is 23.9 Å². The number of methoxy groups -OCH3 is 2. The molecule has 1 N–H and O–H groups in total. The number of nitrogens with one attached hydrogen (secondary N) is 1. The summed E-state index contributed by atoms with van der Waals surface area (Å²) in [6.45, 7) is 0. The SMILES string of the molecule is CONC(=O)c1ccc(C(=O)c2cc(OC)ccc2OC)cc1. The second kappa shape index (κ2) is 7.42. The van der Waals surface area contributed by atoms with Gasteiger partial charge in [0, 0.05) is 11.1 Å². The van der Waals surface area contributed by atoms with Gasteiger partial charge in [0.15, 0.2) is 5.78 Å². The Morgan fingerprint density at radius 2 is 1.52 bits per heavy atom. The van der Waals surface area contributed by atoms with Gasteiger partial charge in [0.2, 0.25) is 0 Å². The molecule has 0 saturated heterocycles. The molecule has 2 aromatic carbocycles. The predicted octanol–water partition coefficient (Wildman–Crippen LogP) is 2.23. The summed E-state index contributed by atoms with van der Waals surface area (Å²) in [6.07, 6.45) is 0. The summed E-state index contributed by atoms with van der Waals surface area (Å²) in [7, 11) is 4.38. The van der Waals surface area contributed by atoms with Crippen LogP contribution in [0.25, 0.3) is 0 Å². The average Bonchev–Trinajstić information content (AvgIpc) is 2.60. The monoisotopic (exact) mass is 315 g/mol. The Morgan fingerprint density at radius 3 is 2.09 bits per heavy atom. The summed E-state index contributed by atoms with van der Waals surface area (Å²) in [4.78, 5) is 28.8. The topological polar surface area (TPSA) is 73.9 Å². The molecule has 0 aliphatic rings. The van der Waals surface area contributed by atoms with Gasteiger partial charge >= 0.3 is 0 Å². The summed E-state index contributed by atoms with van der Waals surface area (Å²) in [5.74, 6) is 0.409. The van der Waals surface area contributed by atoms with E-state index < -0.39 is 0 Å². The lowest BCUT2D eigenvalue weighted by atomic mass is 10.0. The van der Waals surface area contributed by atoms with E-state index in [4.69, 9.17) is 9.47 Å². The molecule has 6 nitrogen and oxygen atoms in total. The van der Waals surface area contributed by atoms with Crippen molar-refractivity contribution in [1.82, 2.24) is 5.48 Å². The maximum Gasteiger partial charge on any atom is 0.274 e. The summed E-state index contributed by atoms with van der Waals surface area (Å²) in [6, 6.07) is 11.3. The largest absolute Gasteiger partial charge is 0.497 e. The van der Waals surface area contributed by atoms with Crippen molar-refractivity contribution in [2.75, 3.05) is 21.3 Å². The van der Waals surface area contributed by atoms with Crippen molar-refractivity contribution >= 4 is 11.7 Å². The van der Waals surface area contributed by atoms with Crippen molar-refractivity contribution in [3.05, 3.63) is 59.2 Å². The van der Waals surface area contributed by atoms with Crippen LogP contribution in [-0.2, 0) is 4.84 Å². The molecule has 1 amide bonds. The van der Waals surface area contributed by atoms with Crippen LogP contribution in [0.1, 0.15) is 26.3 Å². The summed E-state index contributed by atoms with van der Waals surface area (Å²) >= 11 is 0. The van der Waals surface area contributed by atoms with Crippen LogP contribution in [0, 0.1) is 0 Å². The lowest BCUT2D eigenvalue weighted by Crippen LogP contribution is -2.21. The van der Waals surface area contributed by atoms with Crippen LogP contribution in [-0.4, -0.2) is 33.0 Å². The van der Waals surface area contributed by atoms with Gasteiger partial charge in [0.1, 0.15) is 11.5 Å². The van der Waals surface area contributed by atoms with E-state index in [1.807, 2.05) is 0 Å². The first-order valence-electron chi connectivity index (χ1n) is 6.80. The molecule has 0 radical (unpaired) electrons. The van der Waals surface area contributed by atoms with Crippen LogP contribution >= 0.6 is 0 Å². The first-order valence-corrected chi connectivity index (χ1v) is 6.80. The van der Waals surface area contributed by atoms with Crippen LogP contribution in [0.4, 0.5) is 0 Å². The third kappa shape index (κ3) is 3.67. The Hall–Kier alpha value is -2.86. The summed E-state index contributed by atoms with van der Waals surface area (Å²) in [5, 5.41) is 0. The van der Waals surface area contributed by atoms with E-state index >= 15 is 0 Å². The molecular weight excluding hydrogens is 298 g/mol. The van der Waals surface area contributed by atoms with Crippen LogP contribution in [0.15, 0.2) is 42.5 Å². The second-order valence-electron chi connectivity index (χ2n) is 4.61. The molecule has 6 heteroatoms. The Morgan fingerprint density at radius 1 is 0.870 bits per heavy atom. The minimum Gasteiger partial charge on any atom is -0.497 e. The van der Waals surface area contributed by atoms with Gasteiger partial charge in [-0.15, -0.1) is 0 Å². The van der Waals surface area contributed by atoms with Crippen LogP contribution in [0.3, 0.4) is 0 Å². The van der Waals surface area contributed by atoms with E-state index in [0.29, 0.717) is 28.2 Å². The molecule has 0 spiro atoms. The highest BCUT2D eigenvalue weighted by Crippen LogP contribution is 2.26. The molecule has 0 aliphatic heterocycles. The third-order valence-corrected chi connectivity index (χ3v) is 3.26. The molecule has 0 fully saturated rings. The van der Waals surface area contributed by atoms with Crippen molar-refractivity contribution in [3.63, 3.8) is 0 Å². The third-order valence-electron chi connectivity index (χ3n) is 3.26. The van der Waals surface area contributed by atoms with Gasteiger partial charge in [0.05, 0.1) is 26.9 Å². The van der Waals surface area contributed by atoms with Crippen LogP contribution < -0.4 is 15.0 Å². The van der Waals surface area contributed by atoms with Crippen LogP contribution in [0.2, 0.25) is 0 Å². The Labute approximate surface area is 133 Å². The van der Waals surface area contributed by atoms with E-state index in [2.05, 4.69) is 10.3 Å². The van der Waals surface area contributed by atoms with Crippen molar-refractivity contribution in [3.8, 4) is 11.5 Å². The molecule has 0 bridgehead atoms. The molecule has 0 aliphatic carbocycles. The van der Waals surface area contributed by atoms with Gasteiger partial charge in [-0.3, -0.25) is 14.4 Å². The lowest BCUT2D eigenvalue weighted by molar-refractivity contribution is 0.0537. The fourth-order valence-corrected chi connectivity index (χ4v) is 2.07. The van der Waals surface area contributed by atoms with E-state index in [1.165, 1.54) is 21.3 Å². The molecular formula is C17H17NO5. The standard InChI is InChI=1S/C17H17NO5/c1-21-13-8-9-15(22-2)14(10-13)16(19)11-4-6-12(7-5-11)17(20)18-23-3/h4-10H,1-3H3,(H,18,20). The van der Waals surface area contributed by atoms with Gasteiger partial charge in [-0.25, -0.2) is 5.48 Å². The molecule has 0 atom stereocenters. The number of hydrogen-bond donors (Lipinski definition) is 1. The van der Waals surface area contributed by atoms with Gasteiger partial charge in [-0.05, 0) is 30.3 Å². The average molecular weight is 315 g/mol. The van der Waals surface area contributed by atoms with Gasteiger partial charge < -0.3 is 9.47 Å². The zero-order valence-electron chi connectivity index (χ0n) is 13.1. The number of ether oxygens (including phenoxy) is 2. The Balaban J connectivity index is 2.32. The molecule has 2 rings (SSSR count). The number of ketones is 1. The van der Waals surface area contributed by atoms with E-state index in [-0.39, 0.29) is 11.7 Å². The zero-order valence-corrected chi connectivity index (χ0v) is 13.1. The normalized spacial score (nSPS) is 10.0. The molecule has 2 aromatic rings. The van der Waals surface area contributed by atoms with E-state index in [9.17, 15) is 9.59 Å². The number of benzene rings is 2. The first-order chi connectivity index (χ1) is 11.1. The molecule has 120 valence electrons. The Bertz CT molecular complexity index is 709.